The quantitative estimate of drug-likeness (QED) is 0.850. The lowest BCUT2D eigenvalue weighted by Gasteiger charge is -2.36. The molecule has 25 heavy (non-hydrogen) atoms. The summed E-state index contributed by atoms with van der Waals surface area (Å²) in [5, 5.41) is 13.0. The fourth-order valence-corrected chi connectivity index (χ4v) is 3.80. The van der Waals surface area contributed by atoms with Crippen LogP contribution < -0.4 is 10.1 Å². The first-order chi connectivity index (χ1) is 12.0. The highest BCUT2D eigenvalue weighted by atomic mass is 16.5. The van der Waals surface area contributed by atoms with Crippen LogP contribution in [0, 0.1) is 11.8 Å². The predicted molar refractivity (Wildman–Crippen MR) is 97.7 cm³/mol. The minimum Gasteiger partial charge on any atom is -0.504 e. The third-order valence-corrected chi connectivity index (χ3v) is 5.86. The molecule has 0 spiro atoms. The molecule has 0 bridgehead atoms. The summed E-state index contributed by atoms with van der Waals surface area (Å²) < 4.78 is 5.18. The molecular weight excluding hydrogens is 316 g/mol. The Morgan fingerprint density at radius 1 is 1.28 bits per heavy atom. The lowest BCUT2D eigenvalue weighted by Crippen LogP contribution is -2.49. The molecule has 0 heterocycles. The molecule has 1 aromatic carbocycles. The molecule has 2 fully saturated rings. The molecule has 138 valence electrons. The van der Waals surface area contributed by atoms with Gasteiger partial charge in [-0.15, -0.1) is 0 Å². The van der Waals surface area contributed by atoms with Gasteiger partial charge in [-0.1, -0.05) is 32.8 Å². The zero-order valence-corrected chi connectivity index (χ0v) is 15.5. The Kier molecular flexibility index (Phi) is 5.40. The van der Waals surface area contributed by atoms with Gasteiger partial charge in [-0.3, -0.25) is 0 Å². The van der Waals surface area contributed by atoms with E-state index in [1.165, 1.54) is 20.0 Å². The van der Waals surface area contributed by atoms with Gasteiger partial charge in [0, 0.05) is 18.6 Å². The molecule has 2 aliphatic carbocycles. The number of hydrogen-bond donors (Lipinski definition) is 2. The SMILES string of the molecule is COc1cc(CN(C(=O)NC2CCCC(C)C2C)C2CC2)ccc1O. The number of carbonyl (C=O) groups is 1. The second-order valence-electron chi connectivity index (χ2n) is 7.69. The molecular formula is C20H30N2O3. The summed E-state index contributed by atoms with van der Waals surface area (Å²) in [6.07, 6.45) is 5.66. The maximum Gasteiger partial charge on any atom is 0.318 e. The van der Waals surface area contributed by atoms with Gasteiger partial charge in [-0.05, 0) is 48.8 Å². The molecule has 0 saturated heterocycles. The second kappa shape index (κ2) is 7.54. The van der Waals surface area contributed by atoms with Crippen LogP contribution in [0.5, 0.6) is 11.5 Å². The molecule has 3 atom stereocenters. The third kappa shape index (κ3) is 4.20. The van der Waals surface area contributed by atoms with Crippen LogP contribution in [0.25, 0.3) is 0 Å². The highest BCUT2D eigenvalue weighted by Gasteiger charge is 2.35. The number of ether oxygens (including phenoxy) is 1. The lowest BCUT2D eigenvalue weighted by molar-refractivity contribution is 0.163. The maximum atomic E-state index is 12.9. The van der Waals surface area contributed by atoms with Crippen LogP contribution in [-0.2, 0) is 6.54 Å². The molecule has 3 rings (SSSR count). The Hall–Kier alpha value is -1.91. The first-order valence-corrected chi connectivity index (χ1v) is 9.42. The number of urea groups is 1. The van der Waals surface area contributed by atoms with Crippen LogP contribution in [0.3, 0.4) is 0 Å². The van der Waals surface area contributed by atoms with Gasteiger partial charge in [0.15, 0.2) is 11.5 Å². The summed E-state index contributed by atoms with van der Waals surface area (Å²) in [5.41, 5.74) is 0.974. The standard InChI is InChI=1S/C20H30N2O3/c1-13-5-4-6-17(14(13)2)21-20(24)22(16-8-9-16)12-15-7-10-18(23)19(11-15)25-3/h7,10-11,13-14,16-17,23H,4-6,8-9,12H2,1-3H3,(H,21,24). The Labute approximate surface area is 150 Å². The van der Waals surface area contributed by atoms with Crippen molar-refractivity contribution in [1.29, 1.82) is 0 Å². The van der Waals surface area contributed by atoms with Gasteiger partial charge >= 0.3 is 6.03 Å². The average Bonchev–Trinajstić information content (AvgIpc) is 3.43. The van der Waals surface area contributed by atoms with Crippen LogP contribution in [-0.4, -0.2) is 35.2 Å². The molecule has 3 unspecified atom stereocenters. The maximum absolute atomic E-state index is 12.9. The molecule has 1 aromatic rings. The van der Waals surface area contributed by atoms with Crippen LogP contribution in [0.2, 0.25) is 0 Å². The predicted octanol–water partition coefficient (Wildman–Crippen LogP) is 3.90. The van der Waals surface area contributed by atoms with Crippen molar-refractivity contribution >= 4 is 6.03 Å². The van der Waals surface area contributed by atoms with E-state index in [-0.39, 0.29) is 17.8 Å². The van der Waals surface area contributed by atoms with Crippen molar-refractivity contribution in [3.8, 4) is 11.5 Å². The fourth-order valence-electron chi connectivity index (χ4n) is 3.80. The summed E-state index contributed by atoms with van der Waals surface area (Å²) in [6.45, 7) is 5.08. The number of hydrogen-bond acceptors (Lipinski definition) is 3. The van der Waals surface area contributed by atoms with Gasteiger partial charge < -0.3 is 20.1 Å². The number of aromatic hydroxyl groups is 1. The Balaban J connectivity index is 1.67. The van der Waals surface area contributed by atoms with Gasteiger partial charge in [-0.2, -0.15) is 0 Å². The van der Waals surface area contributed by atoms with Gasteiger partial charge in [0.05, 0.1) is 7.11 Å². The van der Waals surface area contributed by atoms with E-state index in [1.807, 2.05) is 17.0 Å². The van der Waals surface area contributed by atoms with Crippen molar-refractivity contribution in [3.05, 3.63) is 23.8 Å². The van der Waals surface area contributed by atoms with Crippen molar-refractivity contribution in [1.82, 2.24) is 10.2 Å². The van der Waals surface area contributed by atoms with Gasteiger partial charge in [0.1, 0.15) is 0 Å². The number of carbonyl (C=O) groups excluding carboxylic acids is 1. The molecule has 0 aromatic heterocycles. The van der Waals surface area contributed by atoms with Gasteiger partial charge in [0.25, 0.3) is 0 Å². The van der Waals surface area contributed by atoms with Crippen molar-refractivity contribution < 1.29 is 14.6 Å². The molecule has 2 N–H and O–H groups in total. The van der Waals surface area contributed by atoms with E-state index >= 15 is 0 Å². The fraction of sp³-hybridized carbons (Fsp3) is 0.650. The van der Waals surface area contributed by atoms with E-state index in [4.69, 9.17) is 4.74 Å². The number of phenols is 1. The molecule has 2 saturated carbocycles. The van der Waals surface area contributed by atoms with E-state index in [1.54, 1.807) is 6.07 Å². The van der Waals surface area contributed by atoms with Crippen molar-refractivity contribution in [2.45, 2.75) is 64.6 Å². The normalized spacial score (nSPS) is 26.1. The summed E-state index contributed by atoms with van der Waals surface area (Å²) in [7, 11) is 1.54. The number of benzene rings is 1. The summed E-state index contributed by atoms with van der Waals surface area (Å²) in [4.78, 5) is 14.8. The molecule has 2 aliphatic rings. The first kappa shape index (κ1) is 17.9. The minimum absolute atomic E-state index is 0.0421. The van der Waals surface area contributed by atoms with Gasteiger partial charge in [0.2, 0.25) is 0 Å². The number of nitrogens with zero attached hydrogens (tertiary/aromatic N) is 1. The lowest BCUT2D eigenvalue weighted by atomic mass is 9.78. The van der Waals surface area contributed by atoms with Crippen molar-refractivity contribution in [2.24, 2.45) is 11.8 Å². The van der Waals surface area contributed by atoms with Crippen LogP contribution in [0.4, 0.5) is 4.79 Å². The monoisotopic (exact) mass is 346 g/mol. The minimum atomic E-state index is 0.0421. The molecule has 0 aliphatic heterocycles. The average molecular weight is 346 g/mol. The number of methoxy groups -OCH3 is 1. The zero-order chi connectivity index (χ0) is 18.0. The van der Waals surface area contributed by atoms with Gasteiger partial charge in [-0.25, -0.2) is 4.79 Å². The number of nitrogens with one attached hydrogen (secondary N) is 1. The largest absolute Gasteiger partial charge is 0.504 e. The van der Waals surface area contributed by atoms with Crippen molar-refractivity contribution in [2.75, 3.05) is 7.11 Å². The molecule has 5 nitrogen and oxygen atoms in total. The van der Waals surface area contributed by atoms with E-state index in [2.05, 4.69) is 19.2 Å². The van der Waals surface area contributed by atoms with E-state index in [9.17, 15) is 9.90 Å². The first-order valence-electron chi connectivity index (χ1n) is 9.42. The summed E-state index contributed by atoms with van der Waals surface area (Å²) >= 11 is 0. The second-order valence-corrected chi connectivity index (χ2v) is 7.69. The molecule has 2 amide bonds. The van der Waals surface area contributed by atoms with E-state index in [0.29, 0.717) is 30.2 Å². The van der Waals surface area contributed by atoms with Crippen molar-refractivity contribution in [3.63, 3.8) is 0 Å². The van der Waals surface area contributed by atoms with E-state index < -0.39 is 0 Å². The van der Waals surface area contributed by atoms with E-state index in [0.717, 1.165) is 24.8 Å². The van der Waals surface area contributed by atoms with Crippen LogP contribution >= 0.6 is 0 Å². The molecule has 5 heteroatoms. The zero-order valence-electron chi connectivity index (χ0n) is 15.5. The number of phenolic OH excluding ortho intramolecular Hbond substituents is 1. The molecule has 0 radical (unpaired) electrons. The van der Waals surface area contributed by atoms with Crippen LogP contribution in [0.15, 0.2) is 18.2 Å². The Morgan fingerprint density at radius 3 is 2.72 bits per heavy atom. The Morgan fingerprint density at radius 2 is 2.04 bits per heavy atom. The third-order valence-electron chi connectivity index (χ3n) is 5.86. The summed E-state index contributed by atoms with van der Waals surface area (Å²) in [6, 6.07) is 5.93. The highest BCUT2D eigenvalue weighted by molar-refractivity contribution is 5.75. The smallest absolute Gasteiger partial charge is 0.318 e. The number of amides is 2. The highest BCUT2D eigenvalue weighted by Crippen LogP contribution is 2.33. The number of rotatable bonds is 5. The Bertz CT molecular complexity index is 615. The van der Waals surface area contributed by atoms with Crippen LogP contribution in [0.1, 0.15) is 51.5 Å². The summed E-state index contributed by atoms with van der Waals surface area (Å²) in [5.74, 6) is 1.75. The topological polar surface area (TPSA) is 61.8 Å².